The van der Waals surface area contributed by atoms with E-state index in [1.807, 2.05) is 6.92 Å². The van der Waals surface area contributed by atoms with Crippen LogP contribution in [0.4, 0.5) is 0 Å². The van der Waals surface area contributed by atoms with Crippen molar-refractivity contribution in [3.8, 4) is 6.07 Å². The maximum absolute atomic E-state index is 8.74. The largest absolute Gasteiger partial charge is 0.315 e. The van der Waals surface area contributed by atoms with Gasteiger partial charge in [0.1, 0.15) is 0 Å². The fourth-order valence-electron chi connectivity index (χ4n) is 2.56. The molecule has 0 aromatic heterocycles. The third-order valence-corrected chi connectivity index (χ3v) is 3.29. The number of nitriles is 1. The van der Waals surface area contributed by atoms with E-state index in [9.17, 15) is 0 Å². The Labute approximate surface area is 79.7 Å². The summed E-state index contributed by atoms with van der Waals surface area (Å²) >= 11 is 0. The lowest BCUT2D eigenvalue weighted by atomic mass is 10.0. The maximum atomic E-state index is 8.74. The Bertz CT molecular complexity index is 221. The van der Waals surface area contributed by atoms with E-state index >= 15 is 0 Å². The summed E-state index contributed by atoms with van der Waals surface area (Å²) in [6.45, 7) is 6.48. The van der Waals surface area contributed by atoms with Gasteiger partial charge in [-0.15, -0.1) is 0 Å². The van der Waals surface area contributed by atoms with Crippen molar-refractivity contribution in [1.29, 1.82) is 5.26 Å². The van der Waals surface area contributed by atoms with Crippen LogP contribution < -0.4 is 5.32 Å². The number of nitrogens with one attached hydrogen (secondary N) is 1. The Morgan fingerprint density at radius 1 is 1.62 bits per heavy atom. The van der Waals surface area contributed by atoms with Gasteiger partial charge in [0.15, 0.2) is 0 Å². The Hall–Kier alpha value is -0.590. The maximum Gasteiger partial charge on any atom is 0.0666 e. The molecule has 2 saturated heterocycles. The van der Waals surface area contributed by atoms with Crippen LogP contribution in [0.25, 0.3) is 0 Å². The second-order valence-electron chi connectivity index (χ2n) is 4.30. The SMILES string of the molecule is CC(C#N)CN1CC[C@@H]2CNC[C@@H]21. The van der Waals surface area contributed by atoms with Crippen LogP contribution in [0.5, 0.6) is 0 Å². The molecule has 13 heavy (non-hydrogen) atoms. The van der Waals surface area contributed by atoms with E-state index in [-0.39, 0.29) is 5.92 Å². The van der Waals surface area contributed by atoms with Crippen LogP contribution in [0.3, 0.4) is 0 Å². The van der Waals surface area contributed by atoms with Gasteiger partial charge >= 0.3 is 0 Å². The topological polar surface area (TPSA) is 39.1 Å². The van der Waals surface area contributed by atoms with Crippen LogP contribution in [-0.4, -0.2) is 37.1 Å². The van der Waals surface area contributed by atoms with E-state index in [0.29, 0.717) is 0 Å². The minimum atomic E-state index is 0.180. The molecule has 0 bridgehead atoms. The molecule has 0 aliphatic carbocycles. The molecule has 1 unspecified atom stereocenters. The molecule has 1 N–H and O–H groups in total. The molecule has 3 atom stereocenters. The lowest BCUT2D eigenvalue weighted by Gasteiger charge is -2.23. The molecule has 0 spiro atoms. The lowest BCUT2D eigenvalue weighted by molar-refractivity contribution is 0.236. The number of likely N-dealkylation sites (tertiary alicyclic amines) is 1. The van der Waals surface area contributed by atoms with Crippen molar-refractivity contribution < 1.29 is 0 Å². The molecule has 72 valence electrons. The summed E-state index contributed by atoms with van der Waals surface area (Å²) in [6, 6.07) is 3.03. The van der Waals surface area contributed by atoms with Gasteiger partial charge in [-0.2, -0.15) is 5.26 Å². The van der Waals surface area contributed by atoms with Gasteiger partial charge in [0.2, 0.25) is 0 Å². The predicted molar refractivity (Wildman–Crippen MR) is 51.1 cm³/mol. The Morgan fingerprint density at radius 3 is 3.23 bits per heavy atom. The smallest absolute Gasteiger partial charge is 0.0666 e. The Morgan fingerprint density at radius 2 is 2.46 bits per heavy atom. The molecule has 3 nitrogen and oxygen atoms in total. The first kappa shape index (κ1) is 8.98. The highest BCUT2D eigenvalue weighted by atomic mass is 15.2. The number of hydrogen-bond acceptors (Lipinski definition) is 3. The van der Waals surface area contributed by atoms with E-state index in [4.69, 9.17) is 5.26 Å². The molecule has 2 aliphatic rings. The van der Waals surface area contributed by atoms with Crippen molar-refractivity contribution in [2.45, 2.75) is 19.4 Å². The summed E-state index contributed by atoms with van der Waals surface area (Å²) in [5, 5.41) is 12.2. The normalized spacial score (nSPS) is 35.7. The van der Waals surface area contributed by atoms with Crippen LogP contribution in [-0.2, 0) is 0 Å². The third kappa shape index (κ3) is 1.70. The standard InChI is InChI=1S/C10H17N3/c1-8(4-11)7-13-3-2-9-5-12-6-10(9)13/h8-10,12H,2-3,5-7H2,1H3/t8?,9-,10+/m1/s1. The molecule has 0 amide bonds. The molecule has 2 heterocycles. The lowest BCUT2D eigenvalue weighted by Crippen LogP contribution is -2.36. The Kier molecular flexibility index (Phi) is 2.52. The Balaban J connectivity index is 1.91. The van der Waals surface area contributed by atoms with E-state index in [0.717, 1.165) is 25.0 Å². The van der Waals surface area contributed by atoms with E-state index in [2.05, 4.69) is 16.3 Å². The minimum absolute atomic E-state index is 0.180. The molecule has 2 rings (SSSR count). The minimum Gasteiger partial charge on any atom is -0.315 e. The zero-order valence-corrected chi connectivity index (χ0v) is 8.16. The summed E-state index contributed by atoms with van der Waals surface area (Å²) in [4.78, 5) is 2.48. The first-order valence-electron chi connectivity index (χ1n) is 5.15. The average Bonchev–Trinajstić information content (AvgIpc) is 2.69. The number of nitrogens with zero attached hydrogens (tertiary/aromatic N) is 2. The van der Waals surface area contributed by atoms with Crippen molar-refractivity contribution in [2.24, 2.45) is 11.8 Å². The monoisotopic (exact) mass is 179 g/mol. The number of rotatable bonds is 2. The zero-order valence-electron chi connectivity index (χ0n) is 8.16. The van der Waals surface area contributed by atoms with Crippen molar-refractivity contribution in [2.75, 3.05) is 26.2 Å². The van der Waals surface area contributed by atoms with Gasteiger partial charge in [0, 0.05) is 19.1 Å². The second-order valence-corrected chi connectivity index (χ2v) is 4.30. The average molecular weight is 179 g/mol. The fourth-order valence-corrected chi connectivity index (χ4v) is 2.56. The summed E-state index contributed by atoms with van der Waals surface area (Å²) < 4.78 is 0. The van der Waals surface area contributed by atoms with Crippen molar-refractivity contribution in [3.05, 3.63) is 0 Å². The van der Waals surface area contributed by atoms with Crippen LogP contribution in [0, 0.1) is 23.2 Å². The van der Waals surface area contributed by atoms with Crippen LogP contribution in [0.15, 0.2) is 0 Å². The molecular weight excluding hydrogens is 162 g/mol. The van der Waals surface area contributed by atoms with E-state index in [1.54, 1.807) is 0 Å². The predicted octanol–water partition coefficient (Wildman–Crippen LogP) is 0.440. The summed E-state index contributed by atoms with van der Waals surface area (Å²) in [7, 11) is 0. The first-order valence-corrected chi connectivity index (χ1v) is 5.15. The van der Waals surface area contributed by atoms with Gasteiger partial charge < -0.3 is 5.32 Å². The van der Waals surface area contributed by atoms with Crippen LogP contribution in [0.2, 0.25) is 0 Å². The van der Waals surface area contributed by atoms with E-state index < -0.39 is 0 Å². The molecule has 0 radical (unpaired) electrons. The second kappa shape index (κ2) is 3.65. The quantitative estimate of drug-likeness (QED) is 0.668. The molecule has 2 aliphatic heterocycles. The molecule has 0 saturated carbocycles. The van der Waals surface area contributed by atoms with Crippen molar-refractivity contribution in [1.82, 2.24) is 10.2 Å². The van der Waals surface area contributed by atoms with Gasteiger partial charge in [-0.1, -0.05) is 0 Å². The highest BCUT2D eigenvalue weighted by molar-refractivity contribution is 4.96. The van der Waals surface area contributed by atoms with Gasteiger partial charge in [0.05, 0.1) is 12.0 Å². The van der Waals surface area contributed by atoms with Crippen molar-refractivity contribution in [3.63, 3.8) is 0 Å². The van der Waals surface area contributed by atoms with Crippen molar-refractivity contribution >= 4 is 0 Å². The molecule has 2 fully saturated rings. The summed E-state index contributed by atoms with van der Waals surface area (Å²) in [5.41, 5.74) is 0. The molecule has 0 aromatic rings. The first-order chi connectivity index (χ1) is 6.31. The highest BCUT2D eigenvalue weighted by Gasteiger charge is 2.37. The highest BCUT2D eigenvalue weighted by Crippen LogP contribution is 2.27. The molecule has 3 heteroatoms. The zero-order chi connectivity index (χ0) is 9.26. The van der Waals surface area contributed by atoms with Gasteiger partial charge in [-0.3, -0.25) is 4.90 Å². The number of hydrogen-bond donors (Lipinski definition) is 1. The fraction of sp³-hybridized carbons (Fsp3) is 0.900. The third-order valence-electron chi connectivity index (χ3n) is 3.29. The van der Waals surface area contributed by atoms with E-state index in [1.165, 1.54) is 19.5 Å². The van der Waals surface area contributed by atoms with Gasteiger partial charge in [-0.25, -0.2) is 0 Å². The van der Waals surface area contributed by atoms with Crippen LogP contribution >= 0.6 is 0 Å². The van der Waals surface area contributed by atoms with Crippen LogP contribution in [0.1, 0.15) is 13.3 Å². The summed E-state index contributed by atoms with van der Waals surface area (Å²) in [5.74, 6) is 1.03. The summed E-state index contributed by atoms with van der Waals surface area (Å²) in [6.07, 6.45) is 1.32. The molecular formula is C10H17N3. The van der Waals surface area contributed by atoms with Gasteiger partial charge in [-0.05, 0) is 32.4 Å². The van der Waals surface area contributed by atoms with Gasteiger partial charge in [0.25, 0.3) is 0 Å². The molecule has 0 aromatic carbocycles. The number of fused-ring (bicyclic) bond motifs is 1.